The van der Waals surface area contributed by atoms with Gasteiger partial charge in [-0.15, -0.1) is 0 Å². The molecule has 0 aromatic carbocycles. The number of carbonyl (C=O) groups excluding carboxylic acids is 1. The Labute approximate surface area is 114 Å². The second kappa shape index (κ2) is 4.63. The molecule has 2 bridgehead atoms. The van der Waals surface area contributed by atoms with Gasteiger partial charge in [0.2, 0.25) is 0 Å². The van der Waals surface area contributed by atoms with Crippen molar-refractivity contribution < 1.29 is 4.79 Å². The number of nitrogens with zero attached hydrogens (tertiary/aromatic N) is 3. The van der Waals surface area contributed by atoms with E-state index >= 15 is 0 Å². The van der Waals surface area contributed by atoms with E-state index in [0.717, 1.165) is 12.8 Å². The van der Waals surface area contributed by atoms with Crippen LogP contribution in [0, 0.1) is 0 Å². The molecule has 0 saturated carbocycles. The van der Waals surface area contributed by atoms with E-state index in [2.05, 4.69) is 16.6 Å². The molecule has 0 spiro atoms. The van der Waals surface area contributed by atoms with Crippen molar-refractivity contribution in [3.63, 3.8) is 0 Å². The molecule has 3 rings (SSSR count). The first-order chi connectivity index (χ1) is 9.12. The van der Waals surface area contributed by atoms with Gasteiger partial charge in [0.15, 0.2) is 6.34 Å². The van der Waals surface area contributed by atoms with Crippen molar-refractivity contribution >= 4 is 12.4 Å². The van der Waals surface area contributed by atoms with E-state index in [1.54, 1.807) is 30.1 Å². The van der Waals surface area contributed by atoms with Crippen molar-refractivity contribution in [1.29, 1.82) is 0 Å². The lowest BCUT2D eigenvalue weighted by Crippen LogP contribution is -2.62. The van der Waals surface area contributed by atoms with Gasteiger partial charge in [0.1, 0.15) is 0 Å². The number of urea groups is 1. The summed E-state index contributed by atoms with van der Waals surface area (Å²) in [4.78, 5) is 19.5. The van der Waals surface area contributed by atoms with Gasteiger partial charge >= 0.3 is 6.03 Å². The lowest BCUT2D eigenvalue weighted by molar-refractivity contribution is 0.148. The molecule has 2 fully saturated rings. The van der Waals surface area contributed by atoms with Crippen LogP contribution < -0.4 is 5.32 Å². The molecule has 0 aromatic rings. The molecule has 3 atom stereocenters. The predicted molar refractivity (Wildman–Crippen MR) is 74.0 cm³/mol. The SMILES string of the molecule is CN(C)C(=O)N1[C]=NC=CC1C12CCCC(CC1)N2. The van der Waals surface area contributed by atoms with Crippen molar-refractivity contribution in [2.75, 3.05) is 14.1 Å². The zero-order valence-electron chi connectivity index (χ0n) is 11.6. The minimum Gasteiger partial charge on any atom is -0.330 e. The first kappa shape index (κ1) is 12.7. The predicted octanol–water partition coefficient (Wildman–Crippen LogP) is 1.45. The molecule has 0 aliphatic carbocycles. The first-order valence-electron chi connectivity index (χ1n) is 7.03. The van der Waals surface area contributed by atoms with E-state index in [1.165, 1.54) is 19.3 Å². The summed E-state index contributed by atoms with van der Waals surface area (Å²) in [7, 11) is 3.53. The summed E-state index contributed by atoms with van der Waals surface area (Å²) in [5.74, 6) is 0. The Kier molecular flexibility index (Phi) is 3.09. The molecule has 103 valence electrons. The first-order valence-corrected chi connectivity index (χ1v) is 7.03. The Morgan fingerprint density at radius 1 is 1.47 bits per heavy atom. The fourth-order valence-electron chi connectivity index (χ4n) is 3.62. The van der Waals surface area contributed by atoms with Gasteiger partial charge in [-0.25, -0.2) is 9.79 Å². The van der Waals surface area contributed by atoms with Crippen LogP contribution in [-0.2, 0) is 0 Å². The lowest BCUT2D eigenvalue weighted by atomic mass is 9.82. The van der Waals surface area contributed by atoms with Crippen LogP contribution in [0.5, 0.6) is 0 Å². The van der Waals surface area contributed by atoms with Gasteiger partial charge in [-0.3, -0.25) is 4.90 Å². The fourth-order valence-corrected chi connectivity index (χ4v) is 3.62. The molecule has 3 heterocycles. The minimum atomic E-state index is -0.0525. The van der Waals surface area contributed by atoms with Gasteiger partial charge in [0.05, 0.1) is 6.04 Å². The zero-order chi connectivity index (χ0) is 13.5. The van der Waals surface area contributed by atoms with Gasteiger partial charge in [-0.05, 0) is 38.2 Å². The van der Waals surface area contributed by atoms with Crippen LogP contribution in [-0.4, -0.2) is 53.9 Å². The summed E-state index contributed by atoms with van der Waals surface area (Å²) in [6.45, 7) is 0. The number of hydrogen-bond donors (Lipinski definition) is 1. The smallest absolute Gasteiger partial charge is 0.325 e. The Morgan fingerprint density at radius 2 is 2.32 bits per heavy atom. The maximum absolute atomic E-state index is 12.3. The standard InChI is InChI=1S/C14H21N4O/c1-17(2)13(19)18-10-15-9-6-12(18)14-7-3-4-11(16-14)5-8-14/h6,9,11-12,16H,3-5,7-8H2,1-2H3. The quantitative estimate of drug-likeness (QED) is 0.776. The monoisotopic (exact) mass is 261 g/mol. The highest BCUT2D eigenvalue weighted by molar-refractivity contribution is 5.88. The summed E-state index contributed by atoms with van der Waals surface area (Å²) < 4.78 is 0. The fraction of sp³-hybridized carbons (Fsp3) is 0.714. The summed E-state index contributed by atoms with van der Waals surface area (Å²) in [6.07, 6.45) is 12.6. The summed E-state index contributed by atoms with van der Waals surface area (Å²) in [6, 6.07) is 0.603. The van der Waals surface area contributed by atoms with E-state index < -0.39 is 0 Å². The van der Waals surface area contributed by atoms with Gasteiger partial charge in [-0.2, -0.15) is 0 Å². The van der Waals surface area contributed by atoms with Crippen LogP contribution in [0.2, 0.25) is 0 Å². The number of piperidine rings is 1. The normalized spacial score (nSPS) is 36.6. The molecule has 5 nitrogen and oxygen atoms in total. The van der Waals surface area contributed by atoms with E-state index in [9.17, 15) is 4.79 Å². The highest BCUT2D eigenvalue weighted by atomic mass is 16.2. The Balaban J connectivity index is 1.87. The number of fused-ring (bicyclic) bond motifs is 2. The maximum Gasteiger partial charge on any atom is 0.325 e. The highest BCUT2D eigenvalue weighted by Crippen LogP contribution is 2.40. The molecule has 3 aliphatic heterocycles. The molecule has 19 heavy (non-hydrogen) atoms. The highest BCUT2D eigenvalue weighted by Gasteiger charge is 2.49. The Hall–Kier alpha value is -1.36. The molecule has 1 radical (unpaired) electrons. The second-order valence-corrected chi connectivity index (χ2v) is 5.99. The van der Waals surface area contributed by atoms with Crippen LogP contribution in [0.25, 0.3) is 0 Å². The molecule has 2 amide bonds. The third kappa shape index (κ3) is 2.06. The van der Waals surface area contributed by atoms with E-state index in [0.29, 0.717) is 6.04 Å². The third-order valence-electron chi connectivity index (χ3n) is 4.55. The molecule has 3 aliphatic rings. The molecular formula is C14H21N4O. The van der Waals surface area contributed by atoms with Crippen LogP contribution in [0.15, 0.2) is 17.3 Å². The summed E-state index contributed by atoms with van der Waals surface area (Å²) >= 11 is 0. The minimum absolute atomic E-state index is 0.0219. The van der Waals surface area contributed by atoms with Crippen LogP contribution >= 0.6 is 0 Å². The zero-order valence-corrected chi connectivity index (χ0v) is 11.6. The lowest BCUT2D eigenvalue weighted by Gasteiger charge is -2.44. The van der Waals surface area contributed by atoms with Crippen molar-refractivity contribution in [3.05, 3.63) is 12.3 Å². The van der Waals surface area contributed by atoms with Crippen molar-refractivity contribution in [1.82, 2.24) is 15.1 Å². The molecule has 5 heteroatoms. The summed E-state index contributed by atoms with van der Waals surface area (Å²) in [5.41, 5.74) is 0.0219. The molecule has 0 aromatic heterocycles. The van der Waals surface area contributed by atoms with E-state index in [4.69, 9.17) is 0 Å². The van der Waals surface area contributed by atoms with Crippen molar-refractivity contribution in [2.45, 2.75) is 49.7 Å². The number of rotatable bonds is 1. The van der Waals surface area contributed by atoms with Gasteiger partial charge < -0.3 is 10.2 Å². The average Bonchev–Trinajstić information content (AvgIpc) is 2.74. The second-order valence-electron chi connectivity index (χ2n) is 5.99. The van der Waals surface area contributed by atoms with E-state index in [-0.39, 0.29) is 17.6 Å². The number of nitrogens with one attached hydrogen (secondary N) is 1. The van der Waals surface area contributed by atoms with Gasteiger partial charge in [-0.1, -0.05) is 0 Å². The topological polar surface area (TPSA) is 47.9 Å². The van der Waals surface area contributed by atoms with E-state index in [1.807, 2.05) is 6.08 Å². The molecule has 1 N–H and O–H groups in total. The number of hydrogen-bond acceptors (Lipinski definition) is 3. The van der Waals surface area contributed by atoms with Crippen LogP contribution in [0.4, 0.5) is 4.79 Å². The van der Waals surface area contributed by atoms with Gasteiger partial charge in [0.25, 0.3) is 0 Å². The number of aliphatic imine (C=N–C) groups is 1. The Bertz CT molecular complexity index is 427. The largest absolute Gasteiger partial charge is 0.330 e. The number of amides is 2. The summed E-state index contributed by atoms with van der Waals surface area (Å²) in [5, 5.41) is 3.75. The maximum atomic E-state index is 12.3. The van der Waals surface area contributed by atoms with Crippen LogP contribution in [0.1, 0.15) is 32.1 Å². The molecule has 2 saturated heterocycles. The average molecular weight is 261 g/mol. The Morgan fingerprint density at radius 3 is 3.11 bits per heavy atom. The van der Waals surface area contributed by atoms with Crippen LogP contribution in [0.3, 0.4) is 0 Å². The third-order valence-corrected chi connectivity index (χ3v) is 4.55. The molecular weight excluding hydrogens is 240 g/mol. The van der Waals surface area contributed by atoms with Gasteiger partial charge in [0, 0.05) is 31.9 Å². The van der Waals surface area contributed by atoms with Crippen molar-refractivity contribution in [3.8, 4) is 0 Å². The number of carbonyl (C=O) groups is 1. The van der Waals surface area contributed by atoms with Crippen molar-refractivity contribution in [2.24, 2.45) is 4.99 Å². The molecule has 3 unspecified atom stereocenters.